The molecule has 0 unspecified atom stereocenters. The van der Waals surface area contributed by atoms with Gasteiger partial charge in [0.2, 0.25) is 33.4 Å². The Balaban J connectivity index is 1.44. The van der Waals surface area contributed by atoms with Gasteiger partial charge in [-0.15, -0.1) is 0 Å². The quantitative estimate of drug-likeness (QED) is 0.208. The van der Waals surface area contributed by atoms with Crippen molar-refractivity contribution in [2.45, 2.75) is 126 Å². The summed E-state index contributed by atoms with van der Waals surface area (Å²) < 4.78 is 129. The Morgan fingerprint density at radius 3 is 2.21 bits per heavy atom. The Bertz CT molecular complexity index is 2310. The van der Waals surface area contributed by atoms with E-state index in [1.165, 1.54) is 27.0 Å². The molecule has 7 atom stereocenters. The molecule has 3 fully saturated rings. The van der Waals surface area contributed by atoms with Crippen molar-refractivity contribution in [3.8, 4) is 17.4 Å². The van der Waals surface area contributed by atoms with Gasteiger partial charge in [0.05, 0.1) is 36.5 Å². The summed E-state index contributed by atoms with van der Waals surface area (Å²) >= 11 is 0. The molecule has 2 aliphatic heterocycles. The summed E-state index contributed by atoms with van der Waals surface area (Å²) in [4.78, 5) is 65.1. The molecule has 4 amide bonds. The van der Waals surface area contributed by atoms with Crippen molar-refractivity contribution in [1.82, 2.24) is 29.8 Å². The normalized spacial score (nSPS) is 28.4. The van der Waals surface area contributed by atoms with Crippen molar-refractivity contribution >= 4 is 44.9 Å². The van der Waals surface area contributed by atoms with Crippen LogP contribution in [0.25, 0.3) is 11.0 Å². The number of amides is 4. The molecule has 348 valence electrons. The topological polar surface area (TPSA) is 207 Å². The van der Waals surface area contributed by atoms with E-state index in [1.54, 1.807) is 19.1 Å². The number of nitrogens with one attached hydrogen (secondary N) is 2. The Hall–Kier alpha value is -5.09. The van der Waals surface area contributed by atoms with Gasteiger partial charge in [-0.3, -0.25) is 24.0 Å². The highest BCUT2D eigenvalue weighted by atomic mass is 32.2. The number of rotatable bonds is 9. The molecule has 1 aromatic heterocycles. The maximum absolute atomic E-state index is 15.0. The van der Waals surface area contributed by atoms with E-state index in [0.717, 1.165) is 18.1 Å². The smallest absolute Gasteiger partial charge is 0.438 e. The fourth-order valence-electron chi connectivity index (χ4n) is 8.39. The number of alkyl halides is 6. The van der Waals surface area contributed by atoms with Gasteiger partial charge in [0.25, 0.3) is 5.91 Å². The van der Waals surface area contributed by atoms with Gasteiger partial charge in [0.15, 0.2) is 11.5 Å². The molecule has 4 aliphatic rings. The van der Waals surface area contributed by atoms with Gasteiger partial charge in [-0.1, -0.05) is 26.0 Å². The van der Waals surface area contributed by atoms with Gasteiger partial charge in [0.1, 0.15) is 29.3 Å². The van der Waals surface area contributed by atoms with Crippen LogP contribution in [0.2, 0.25) is 0 Å². The van der Waals surface area contributed by atoms with Crippen LogP contribution in [0.1, 0.15) is 85.3 Å². The van der Waals surface area contributed by atoms with Crippen LogP contribution >= 0.6 is 0 Å². The van der Waals surface area contributed by atoms with Gasteiger partial charge >= 0.3 is 18.4 Å². The number of fused-ring (bicyclic) bond motifs is 3. The first-order valence-electron chi connectivity index (χ1n) is 20.2. The Morgan fingerprint density at radius 1 is 1.00 bits per heavy atom. The SMILES string of the molecule is COc1cc2nc(C(F)(F)F)c(OC)nc2cc1O[C@@H]1C[C@H]2C(=O)N[C@]3(C(=O)NS(=O)(=O)C4(C)CC4)C[C@H]3/C=C\CC[C@@H](C)C[C@@H](C)[C@H](N(C(=O)O)C(C)(C)C(F)(F)F)C(=O)N2C1. The minimum atomic E-state index is -5.18. The summed E-state index contributed by atoms with van der Waals surface area (Å²) in [5.41, 5.74) is -6.79. The summed E-state index contributed by atoms with van der Waals surface area (Å²) in [6, 6.07) is -1.39. The first-order chi connectivity index (χ1) is 29.1. The van der Waals surface area contributed by atoms with Crippen LogP contribution in [-0.2, 0) is 30.6 Å². The highest BCUT2D eigenvalue weighted by Gasteiger charge is 2.64. The van der Waals surface area contributed by atoms with E-state index in [0.29, 0.717) is 39.5 Å². The number of allylic oxidation sites excluding steroid dienone is 1. The first-order valence-corrected chi connectivity index (χ1v) is 21.7. The van der Waals surface area contributed by atoms with E-state index in [1.807, 2.05) is 0 Å². The zero-order valence-electron chi connectivity index (χ0n) is 35.5. The van der Waals surface area contributed by atoms with Crippen molar-refractivity contribution in [1.29, 1.82) is 0 Å². The van der Waals surface area contributed by atoms with Gasteiger partial charge < -0.3 is 29.5 Å². The summed E-state index contributed by atoms with van der Waals surface area (Å²) in [5.74, 6) is -6.41. The van der Waals surface area contributed by atoms with Gasteiger partial charge in [-0.25, -0.2) is 23.2 Å². The fraction of sp³-hybridized carbons (Fsp3) is 0.650. The number of benzene rings is 1. The van der Waals surface area contributed by atoms with Crippen LogP contribution in [0.5, 0.6) is 17.4 Å². The second kappa shape index (κ2) is 16.5. The van der Waals surface area contributed by atoms with E-state index in [4.69, 9.17) is 14.2 Å². The molecular weight excluding hydrogens is 871 g/mol. The second-order valence-electron chi connectivity index (χ2n) is 17.7. The number of methoxy groups -OCH3 is 2. The lowest BCUT2D eigenvalue weighted by Gasteiger charge is -2.45. The van der Waals surface area contributed by atoms with E-state index in [2.05, 4.69) is 20.0 Å². The van der Waals surface area contributed by atoms with Gasteiger partial charge in [-0.2, -0.15) is 26.3 Å². The third-order valence-corrected chi connectivity index (χ3v) is 14.8. The number of nitrogens with zero attached hydrogens (tertiary/aromatic N) is 4. The Kier molecular flexibility index (Phi) is 12.4. The van der Waals surface area contributed by atoms with Crippen LogP contribution in [0, 0.1) is 17.8 Å². The second-order valence-corrected chi connectivity index (χ2v) is 19.9. The number of ether oxygens (including phenoxy) is 3. The van der Waals surface area contributed by atoms with Crippen molar-refractivity contribution < 1.29 is 73.3 Å². The Morgan fingerprint density at radius 2 is 1.63 bits per heavy atom. The maximum Gasteiger partial charge on any atom is 0.438 e. The highest BCUT2D eigenvalue weighted by Crippen LogP contribution is 2.48. The standard InChI is InChI=1S/C40H50F6N6O10S/c1-20-10-8-9-11-22-18-38(22,34(55)50-63(58,59)37(5)12-13-37)49-31(53)26-15-23(19-51(26)33(54)29(21(2)14-20)52(35(56)57)36(3,4)40(44,45)46)62-28-17-25-24(16-27(28)60-6)47-30(39(41,42)43)32(48-25)61-7/h9,11,16-17,20-23,26,29H,8,10,12-15,18-19H2,1-7H3,(H,49,53)(H,50,55)(H,56,57)/b11-9-/t20-,21-,22-,23-,26+,29+,38-/m1/s1. The molecule has 0 bridgehead atoms. The van der Waals surface area contributed by atoms with Crippen molar-refractivity contribution in [2.24, 2.45) is 17.8 Å². The highest BCUT2D eigenvalue weighted by molar-refractivity contribution is 7.91. The van der Waals surface area contributed by atoms with Crippen molar-refractivity contribution in [3.05, 3.63) is 30.0 Å². The third-order valence-electron chi connectivity index (χ3n) is 12.7. The van der Waals surface area contributed by atoms with E-state index in [-0.39, 0.29) is 46.2 Å². The molecular formula is C40H50F6N6O10S. The minimum absolute atomic E-state index is 0.0372. The van der Waals surface area contributed by atoms with E-state index in [9.17, 15) is 54.3 Å². The van der Waals surface area contributed by atoms with E-state index < -0.39 is 117 Å². The first kappa shape index (κ1) is 47.4. The van der Waals surface area contributed by atoms with Crippen LogP contribution in [0.3, 0.4) is 0 Å². The average Bonchev–Trinajstić information content (AvgIpc) is 4.06. The molecule has 0 spiro atoms. The van der Waals surface area contributed by atoms with Crippen LogP contribution in [-0.4, -0.2) is 118 Å². The predicted octanol–water partition coefficient (Wildman–Crippen LogP) is 5.59. The van der Waals surface area contributed by atoms with Crippen LogP contribution in [0.4, 0.5) is 31.1 Å². The number of carbonyl (C=O) groups is 4. The number of halogens is 6. The minimum Gasteiger partial charge on any atom is -0.493 e. The zero-order valence-corrected chi connectivity index (χ0v) is 36.3. The number of carbonyl (C=O) groups excluding carboxylic acids is 3. The summed E-state index contributed by atoms with van der Waals surface area (Å²) in [6.45, 7) is 5.40. The molecule has 1 saturated heterocycles. The maximum atomic E-state index is 15.0. The molecule has 1 aromatic carbocycles. The lowest BCUT2D eigenvalue weighted by Crippen LogP contribution is -2.66. The molecule has 23 heteroatoms. The molecule has 16 nitrogen and oxygen atoms in total. The molecule has 3 heterocycles. The number of sulfonamides is 1. The summed E-state index contributed by atoms with van der Waals surface area (Å²) in [7, 11) is -2.06. The molecule has 2 saturated carbocycles. The zero-order chi connectivity index (χ0) is 46.8. The van der Waals surface area contributed by atoms with E-state index >= 15 is 4.79 Å². The van der Waals surface area contributed by atoms with Gasteiger partial charge in [0, 0.05) is 24.5 Å². The lowest BCUT2D eigenvalue weighted by molar-refractivity contribution is -0.222. The lowest BCUT2D eigenvalue weighted by atomic mass is 9.85. The van der Waals surface area contributed by atoms with Crippen molar-refractivity contribution in [3.63, 3.8) is 0 Å². The third kappa shape index (κ3) is 9.02. The Labute approximate surface area is 359 Å². The largest absolute Gasteiger partial charge is 0.493 e. The number of hydrogen-bond acceptors (Lipinski definition) is 11. The molecule has 6 rings (SSSR count). The molecule has 3 N–H and O–H groups in total. The summed E-state index contributed by atoms with van der Waals surface area (Å²) in [5, 5.41) is 13.1. The molecule has 63 heavy (non-hydrogen) atoms. The predicted molar refractivity (Wildman–Crippen MR) is 211 cm³/mol. The van der Waals surface area contributed by atoms with Crippen LogP contribution in [0.15, 0.2) is 24.3 Å². The number of hydrogen-bond donors (Lipinski definition) is 3. The van der Waals surface area contributed by atoms with Gasteiger partial charge in [-0.05, 0) is 71.1 Å². The molecule has 2 aliphatic carbocycles. The van der Waals surface area contributed by atoms with Crippen LogP contribution < -0.4 is 24.2 Å². The molecule has 0 radical (unpaired) electrons. The average molecular weight is 921 g/mol. The number of carboxylic acid groups (broad SMARTS) is 1. The monoisotopic (exact) mass is 920 g/mol. The number of aromatic nitrogens is 2. The van der Waals surface area contributed by atoms with Crippen molar-refractivity contribution in [2.75, 3.05) is 20.8 Å². The fourth-order valence-corrected chi connectivity index (χ4v) is 9.70. The summed E-state index contributed by atoms with van der Waals surface area (Å²) in [6.07, 6.45) is -8.93. The molecule has 2 aromatic rings.